The third kappa shape index (κ3) is 8.57. The predicted molar refractivity (Wildman–Crippen MR) is 90.8 cm³/mol. The Morgan fingerprint density at radius 3 is 2.39 bits per heavy atom. The second-order valence-corrected chi connectivity index (χ2v) is 7.42. The van der Waals surface area contributed by atoms with Gasteiger partial charge in [0.2, 0.25) is 5.91 Å². The molecule has 0 atom stereocenters. The fourth-order valence-electron chi connectivity index (χ4n) is 2.65. The summed E-state index contributed by atoms with van der Waals surface area (Å²) in [5.41, 5.74) is -0.357. The van der Waals surface area contributed by atoms with Crippen molar-refractivity contribution in [2.45, 2.75) is 64.9 Å². The van der Waals surface area contributed by atoms with Crippen LogP contribution in [0.4, 0.5) is 4.79 Å². The largest absolute Gasteiger partial charge is 0.444 e. The first-order valence-corrected chi connectivity index (χ1v) is 8.44. The number of carbonyl (C=O) groups excluding carboxylic acids is 2. The molecule has 0 saturated heterocycles. The molecule has 23 heavy (non-hydrogen) atoms. The van der Waals surface area contributed by atoms with Crippen molar-refractivity contribution < 1.29 is 14.3 Å². The molecule has 0 unspecified atom stereocenters. The van der Waals surface area contributed by atoms with Crippen LogP contribution in [-0.4, -0.2) is 48.4 Å². The fourth-order valence-corrected chi connectivity index (χ4v) is 2.65. The van der Waals surface area contributed by atoms with Crippen LogP contribution in [-0.2, 0) is 9.53 Å². The Balaban J connectivity index is 2.26. The quantitative estimate of drug-likeness (QED) is 0.737. The van der Waals surface area contributed by atoms with Gasteiger partial charge in [-0.15, -0.1) is 0 Å². The highest BCUT2D eigenvalue weighted by Crippen LogP contribution is 2.22. The van der Waals surface area contributed by atoms with E-state index in [0.29, 0.717) is 12.5 Å². The van der Waals surface area contributed by atoms with E-state index in [-0.39, 0.29) is 24.6 Å². The highest BCUT2D eigenvalue weighted by atomic mass is 16.6. The molecule has 1 saturated carbocycles. The van der Waals surface area contributed by atoms with Gasteiger partial charge in [0.15, 0.2) is 0 Å². The molecular formula is C17H31N3O3. The second-order valence-electron chi connectivity index (χ2n) is 7.42. The van der Waals surface area contributed by atoms with Crippen LogP contribution in [0.25, 0.3) is 0 Å². The molecular weight excluding hydrogens is 294 g/mol. The van der Waals surface area contributed by atoms with Crippen molar-refractivity contribution in [3.63, 3.8) is 0 Å². The highest BCUT2D eigenvalue weighted by molar-refractivity contribution is 6.01. The summed E-state index contributed by atoms with van der Waals surface area (Å²) in [4.78, 5) is 25.0. The van der Waals surface area contributed by atoms with Crippen LogP contribution in [0.15, 0.2) is 0 Å². The summed E-state index contributed by atoms with van der Waals surface area (Å²) in [5.74, 6) is 0.435. The van der Waals surface area contributed by atoms with E-state index in [9.17, 15) is 9.59 Å². The third-order valence-electron chi connectivity index (χ3n) is 3.82. The molecule has 132 valence electrons. The number of hydrogen-bond donors (Lipinski definition) is 2. The molecule has 0 spiro atoms. The minimum Gasteiger partial charge on any atom is -0.444 e. The first-order chi connectivity index (χ1) is 10.7. The lowest BCUT2D eigenvalue weighted by molar-refractivity contribution is -0.120. The molecule has 0 aromatic heterocycles. The van der Waals surface area contributed by atoms with Crippen molar-refractivity contribution in [2.75, 3.05) is 20.1 Å². The molecule has 0 aliphatic heterocycles. The van der Waals surface area contributed by atoms with Gasteiger partial charge < -0.3 is 20.4 Å². The van der Waals surface area contributed by atoms with Crippen LogP contribution in [0.3, 0.4) is 0 Å². The Bertz CT molecular complexity index is 423. The van der Waals surface area contributed by atoms with Gasteiger partial charge in [0.25, 0.3) is 0 Å². The van der Waals surface area contributed by atoms with Crippen molar-refractivity contribution >= 4 is 17.7 Å². The van der Waals surface area contributed by atoms with Gasteiger partial charge in [-0.05, 0) is 39.5 Å². The van der Waals surface area contributed by atoms with Crippen LogP contribution in [0.1, 0.15) is 59.3 Å². The normalized spacial score (nSPS) is 15.8. The number of ether oxygens (including phenoxy) is 1. The van der Waals surface area contributed by atoms with Gasteiger partial charge in [-0.1, -0.05) is 19.3 Å². The zero-order valence-corrected chi connectivity index (χ0v) is 14.9. The van der Waals surface area contributed by atoms with Crippen LogP contribution in [0.5, 0.6) is 0 Å². The van der Waals surface area contributed by atoms with Crippen LogP contribution < -0.4 is 5.32 Å². The second kappa shape index (κ2) is 8.89. The predicted octanol–water partition coefficient (Wildman–Crippen LogP) is 2.96. The third-order valence-corrected chi connectivity index (χ3v) is 3.82. The molecule has 1 fully saturated rings. The van der Waals surface area contributed by atoms with Gasteiger partial charge >= 0.3 is 6.09 Å². The molecule has 0 bridgehead atoms. The Hall–Kier alpha value is -1.59. The Labute approximate surface area is 139 Å². The first kappa shape index (κ1) is 19.5. The van der Waals surface area contributed by atoms with Gasteiger partial charge in [0.05, 0.1) is 13.0 Å². The summed E-state index contributed by atoms with van der Waals surface area (Å²) in [6, 6.07) is 0. The van der Waals surface area contributed by atoms with Gasteiger partial charge in [-0.25, -0.2) is 4.79 Å². The summed E-state index contributed by atoms with van der Waals surface area (Å²) < 4.78 is 5.22. The molecule has 0 aromatic rings. The number of nitrogens with one attached hydrogen (secondary N) is 2. The fraction of sp³-hybridized carbons (Fsp3) is 0.824. The molecule has 0 heterocycles. The SMILES string of the molecule is CN(CC(=N)CC(=O)NCC1CCCCC1)C(=O)OC(C)(C)C. The molecule has 0 aromatic carbocycles. The maximum absolute atomic E-state index is 11.9. The zero-order chi connectivity index (χ0) is 17.5. The summed E-state index contributed by atoms with van der Waals surface area (Å²) in [6.45, 7) is 6.19. The molecule has 2 amide bonds. The molecule has 6 nitrogen and oxygen atoms in total. The smallest absolute Gasteiger partial charge is 0.410 e. The molecule has 0 radical (unpaired) electrons. The summed E-state index contributed by atoms with van der Waals surface area (Å²) in [5, 5.41) is 10.8. The lowest BCUT2D eigenvalue weighted by Crippen LogP contribution is -2.38. The highest BCUT2D eigenvalue weighted by Gasteiger charge is 2.21. The van der Waals surface area contributed by atoms with E-state index in [4.69, 9.17) is 10.1 Å². The average molecular weight is 325 g/mol. The number of nitrogens with zero attached hydrogens (tertiary/aromatic N) is 1. The average Bonchev–Trinajstić information content (AvgIpc) is 2.44. The Morgan fingerprint density at radius 2 is 1.83 bits per heavy atom. The van der Waals surface area contributed by atoms with Crippen molar-refractivity contribution in [2.24, 2.45) is 5.92 Å². The van der Waals surface area contributed by atoms with Crippen LogP contribution in [0.2, 0.25) is 0 Å². The van der Waals surface area contributed by atoms with E-state index in [1.807, 2.05) is 0 Å². The lowest BCUT2D eigenvalue weighted by atomic mass is 9.89. The standard InChI is InChI=1S/C17H31N3O3/c1-17(2,3)23-16(22)20(4)12-14(18)10-15(21)19-11-13-8-6-5-7-9-13/h13,18H,5-12H2,1-4H3,(H,19,21). The van der Waals surface area contributed by atoms with Crippen molar-refractivity contribution in [1.82, 2.24) is 10.2 Å². The van der Waals surface area contributed by atoms with Crippen LogP contribution >= 0.6 is 0 Å². The Morgan fingerprint density at radius 1 is 1.22 bits per heavy atom. The zero-order valence-electron chi connectivity index (χ0n) is 14.9. The molecule has 1 aliphatic carbocycles. The van der Waals surface area contributed by atoms with E-state index in [1.165, 1.54) is 37.0 Å². The van der Waals surface area contributed by atoms with Crippen molar-refractivity contribution in [3.05, 3.63) is 0 Å². The maximum Gasteiger partial charge on any atom is 0.410 e. The van der Waals surface area contributed by atoms with Gasteiger partial charge in [-0.3, -0.25) is 4.79 Å². The van der Waals surface area contributed by atoms with E-state index < -0.39 is 11.7 Å². The molecule has 1 rings (SSSR count). The lowest BCUT2D eigenvalue weighted by Gasteiger charge is -2.25. The van der Waals surface area contributed by atoms with E-state index in [1.54, 1.807) is 27.8 Å². The summed E-state index contributed by atoms with van der Waals surface area (Å²) in [7, 11) is 1.57. The minimum atomic E-state index is -0.565. The van der Waals surface area contributed by atoms with Crippen molar-refractivity contribution in [1.29, 1.82) is 5.41 Å². The van der Waals surface area contributed by atoms with Crippen molar-refractivity contribution in [3.8, 4) is 0 Å². The number of hydrogen-bond acceptors (Lipinski definition) is 4. The van der Waals surface area contributed by atoms with Gasteiger partial charge in [0.1, 0.15) is 5.60 Å². The first-order valence-electron chi connectivity index (χ1n) is 8.44. The monoisotopic (exact) mass is 325 g/mol. The van der Waals surface area contributed by atoms with E-state index >= 15 is 0 Å². The minimum absolute atomic E-state index is 0.0276. The molecule has 2 N–H and O–H groups in total. The Kier molecular flexibility index (Phi) is 7.52. The van der Waals surface area contributed by atoms with Gasteiger partial charge in [-0.2, -0.15) is 0 Å². The van der Waals surface area contributed by atoms with E-state index in [2.05, 4.69) is 5.32 Å². The van der Waals surface area contributed by atoms with Gasteiger partial charge in [0, 0.05) is 19.3 Å². The van der Waals surface area contributed by atoms with E-state index in [0.717, 1.165) is 0 Å². The number of rotatable bonds is 6. The van der Waals surface area contributed by atoms with Crippen LogP contribution in [0, 0.1) is 11.3 Å². The topological polar surface area (TPSA) is 82.5 Å². The molecule has 6 heteroatoms. The number of amides is 2. The summed E-state index contributed by atoms with van der Waals surface area (Å²) in [6.07, 6.45) is 5.70. The number of carbonyl (C=O) groups is 2. The summed E-state index contributed by atoms with van der Waals surface area (Å²) >= 11 is 0. The maximum atomic E-state index is 11.9. The molecule has 1 aliphatic rings.